The Balaban J connectivity index is 1.66. The minimum absolute atomic E-state index is 0.0176. The van der Waals surface area contributed by atoms with E-state index in [1.54, 1.807) is 36.4 Å². The molecule has 0 aromatic heterocycles. The van der Waals surface area contributed by atoms with Crippen molar-refractivity contribution >= 4 is 21.6 Å². The van der Waals surface area contributed by atoms with Gasteiger partial charge >= 0.3 is 0 Å². The van der Waals surface area contributed by atoms with Crippen LogP contribution in [0.25, 0.3) is 0 Å². The maximum Gasteiger partial charge on any atom is 0.261 e. The van der Waals surface area contributed by atoms with Crippen LogP contribution in [-0.2, 0) is 16.4 Å². The molecule has 3 aromatic rings. The average Bonchev–Trinajstić information content (AvgIpc) is 2.75. The van der Waals surface area contributed by atoms with Crippen molar-refractivity contribution in [2.45, 2.75) is 11.3 Å². The van der Waals surface area contributed by atoms with Crippen LogP contribution in [-0.4, -0.2) is 28.0 Å². The van der Waals surface area contributed by atoms with Crippen molar-refractivity contribution in [3.05, 3.63) is 90.0 Å². The molecule has 0 saturated carbocycles. The Morgan fingerprint density at radius 1 is 0.931 bits per heavy atom. The number of amides is 1. The number of anilines is 1. The van der Waals surface area contributed by atoms with Crippen LogP contribution in [0.5, 0.6) is 5.75 Å². The van der Waals surface area contributed by atoms with E-state index in [0.29, 0.717) is 24.4 Å². The van der Waals surface area contributed by atoms with Gasteiger partial charge in [0.15, 0.2) is 0 Å². The van der Waals surface area contributed by atoms with Gasteiger partial charge in [0.2, 0.25) is 0 Å². The standard InChI is InChI=1S/C22H22N2O4S/c1-28-20-12-10-19(11-13-20)24-29(26,27)21-9-5-8-18(16-21)22(25)23-15-14-17-6-3-2-4-7-17/h2-13,16,24H,14-15H2,1H3,(H,23,25). The van der Waals surface area contributed by atoms with Gasteiger partial charge in [0, 0.05) is 17.8 Å². The van der Waals surface area contributed by atoms with E-state index < -0.39 is 10.0 Å². The normalized spacial score (nSPS) is 10.9. The third kappa shape index (κ3) is 5.58. The highest BCUT2D eigenvalue weighted by molar-refractivity contribution is 7.92. The molecular weight excluding hydrogens is 388 g/mol. The van der Waals surface area contributed by atoms with Crippen molar-refractivity contribution in [3.63, 3.8) is 0 Å². The number of hydrogen-bond donors (Lipinski definition) is 2. The smallest absolute Gasteiger partial charge is 0.261 e. The molecule has 0 heterocycles. The van der Waals surface area contributed by atoms with Gasteiger partial charge in [-0.25, -0.2) is 8.42 Å². The number of hydrogen-bond acceptors (Lipinski definition) is 4. The number of rotatable bonds is 8. The highest BCUT2D eigenvalue weighted by Gasteiger charge is 2.16. The number of sulfonamides is 1. The summed E-state index contributed by atoms with van der Waals surface area (Å²) in [6.07, 6.45) is 0.698. The first-order chi connectivity index (χ1) is 14.0. The topological polar surface area (TPSA) is 84.5 Å². The molecule has 3 rings (SSSR count). The SMILES string of the molecule is COc1ccc(NS(=O)(=O)c2cccc(C(=O)NCCc3ccccc3)c2)cc1. The molecule has 0 aliphatic heterocycles. The molecule has 2 N–H and O–H groups in total. The fourth-order valence-electron chi connectivity index (χ4n) is 2.74. The molecule has 7 heteroatoms. The van der Waals surface area contributed by atoms with Gasteiger partial charge in [-0.2, -0.15) is 0 Å². The molecule has 1 amide bonds. The van der Waals surface area contributed by atoms with Crippen LogP contribution in [0.3, 0.4) is 0 Å². The molecule has 0 saturated heterocycles. The molecule has 0 fully saturated rings. The van der Waals surface area contributed by atoms with Crippen molar-refractivity contribution in [3.8, 4) is 5.75 Å². The Kier molecular flexibility index (Phi) is 6.51. The second-order valence-electron chi connectivity index (χ2n) is 6.35. The van der Waals surface area contributed by atoms with Crippen LogP contribution in [0.2, 0.25) is 0 Å². The van der Waals surface area contributed by atoms with E-state index in [-0.39, 0.29) is 16.4 Å². The molecule has 6 nitrogen and oxygen atoms in total. The quantitative estimate of drug-likeness (QED) is 0.596. The summed E-state index contributed by atoms with van der Waals surface area (Å²) in [6.45, 7) is 0.462. The Morgan fingerprint density at radius 2 is 1.66 bits per heavy atom. The minimum atomic E-state index is -3.82. The first-order valence-corrected chi connectivity index (χ1v) is 10.6. The van der Waals surface area contributed by atoms with Crippen LogP contribution < -0.4 is 14.8 Å². The lowest BCUT2D eigenvalue weighted by Crippen LogP contribution is -2.26. The number of carbonyl (C=O) groups excluding carboxylic acids is 1. The van der Waals surface area contributed by atoms with E-state index >= 15 is 0 Å². The summed E-state index contributed by atoms with van der Waals surface area (Å²) in [5.74, 6) is 0.310. The maximum absolute atomic E-state index is 12.7. The molecule has 0 spiro atoms. The third-order valence-corrected chi connectivity index (χ3v) is 5.67. The largest absolute Gasteiger partial charge is 0.497 e. The highest BCUT2D eigenvalue weighted by atomic mass is 32.2. The fourth-order valence-corrected chi connectivity index (χ4v) is 3.85. The fraction of sp³-hybridized carbons (Fsp3) is 0.136. The third-order valence-electron chi connectivity index (χ3n) is 4.29. The lowest BCUT2D eigenvalue weighted by molar-refractivity contribution is 0.0954. The zero-order valence-corrected chi connectivity index (χ0v) is 16.8. The Bertz CT molecular complexity index is 1070. The first kappa shape index (κ1) is 20.4. The summed E-state index contributed by atoms with van der Waals surface area (Å²) in [5, 5.41) is 2.82. The predicted molar refractivity (Wildman–Crippen MR) is 113 cm³/mol. The highest BCUT2D eigenvalue weighted by Crippen LogP contribution is 2.20. The van der Waals surface area contributed by atoms with Crippen LogP contribution in [0, 0.1) is 0 Å². The molecule has 0 atom stereocenters. The second-order valence-corrected chi connectivity index (χ2v) is 8.04. The molecular formula is C22H22N2O4S. The number of ether oxygens (including phenoxy) is 1. The van der Waals surface area contributed by atoms with E-state index in [2.05, 4.69) is 10.0 Å². The average molecular weight is 410 g/mol. The van der Waals surface area contributed by atoms with Crippen molar-refractivity contribution in [1.82, 2.24) is 5.32 Å². The van der Waals surface area contributed by atoms with Crippen LogP contribution in [0.4, 0.5) is 5.69 Å². The summed E-state index contributed by atoms with van der Waals surface area (Å²) in [6, 6.07) is 22.3. The van der Waals surface area contributed by atoms with Crippen LogP contribution in [0.1, 0.15) is 15.9 Å². The van der Waals surface area contributed by atoms with Gasteiger partial charge in [-0.1, -0.05) is 36.4 Å². The molecule has 0 unspecified atom stereocenters. The molecule has 0 radical (unpaired) electrons. The zero-order chi connectivity index (χ0) is 20.7. The molecule has 29 heavy (non-hydrogen) atoms. The van der Waals surface area contributed by atoms with Gasteiger partial charge < -0.3 is 10.1 Å². The van der Waals surface area contributed by atoms with Gasteiger partial charge in [-0.05, 0) is 54.4 Å². The zero-order valence-electron chi connectivity index (χ0n) is 16.0. The lowest BCUT2D eigenvalue weighted by Gasteiger charge is -2.10. The summed E-state index contributed by atoms with van der Waals surface area (Å²) in [5.41, 5.74) is 1.81. The number of nitrogens with one attached hydrogen (secondary N) is 2. The molecule has 3 aromatic carbocycles. The molecule has 0 aliphatic rings. The van der Waals surface area contributed by atoms with Crippen molar-refractivity contribution < 1.29 is 17.9 Å². The van der Waals surface area contributed by atoms with Crippen molar-refractivity contribution in [2.75, 3.05) is 18.4 Å². The van der Waals surface area contributed by atoms with E-state index in [1.807, 2.05) is 30.3 Å². The molecule has 150 valence electrons. The summed E-state index contributed by atoms with van der Waals surface area (Å²) in [4.78, 5) is 12.4. The summed E-state index contributed by atoms with van der Waals surface area (Å²) >= 11 is 0. The molecule has 0 bridgehead atoms. The van der Waals surface area contributed by atoms with E-state index in [9.17, 15) is 13.2 Å². The van der Waals surface area contributed by atoms with Crippen molar-refractivity contribution in [1.29, 1.82) is 0 Å². The Morgan fingerprint density at radius 3 is 2.34 bits per heavy atom. The van der Waals surface area contributed by atoms with E-state index in [1.165, 1.54) is 19.2 Å². The molecule has 0 aliphatic carbocycles. The minimum Gasteiger partial charge on any atom is -0.497 e. The van der Waals surface area contributed by atoms with Gasteiger partial charge in [-0.3, -0.25) is 9.52 Å². The van der Waals surface area contributed by atoms with Crippen molar-refractivity contribution in [2.24, 2.45) is 0 Å². The second kappa shape index (κ2) is 9.25. The van der Waals surface area contributed by atoms with Crippen LogP contribution >= 0.6 is 0 Å². The van der Waals surface area contributed by atoms with E-state index in [4.69, 9.17) is 4.74 Å². The monoisotopic (exact) mass is 410 g/mol. The number of methoxy groups -OCH3 is 1. The van der Waals surface area contributed by atoms with Gasteiger partial charge in [0.1, 0.15) is 5.75 Å². The lowest BCUT2D eigenvalue weighted by atomic mass is 10.1. The number of benzene rings is 3. The Hall–Kier alpha value is -3.32. The van der Waals surface area contributed by atoms with E-state index in [0.717, 1.165) is 5.56 Å². The van der Waals surface area contributed by atoms with Gasteiger partial charge in [-0.15, -0.1) is 0 Å². The first-order valence-electron chi connectivity index (χ1n) is 9.07. The summed E-state index contributed by atoms with van der Waals surface area (Å²) in [7, 11) is -2.29. The van der Waals surface area contributed by atoms with Gasteiger partial charge in [0.05, 0.1) is 12.0 Å². The Labute approximate surface area is 170 Å². The predicted octanol–water partition coefficient (Wildman–Crippen LogP) is 3.47. The van der Waals surface area contributed by atoms with Gasteiger partial charge in [0.25, 0.3) is 15.9 Å². The summed E-state index contributed by atoms with van der Waals surface area (Å²) < 4.78 is 32.9. The van der Waals surface area contributed by atoms with Crippen LogP contribution in [0.15, 0.2) is 83.8 Å². The maximum atomic E-state index is 12.7. The number of carbonyl (C=O) groups is 1.